The normalized spacial score (nSPS) is 16.5. The Hall–Kier alpha value is -0.100. The first-order valence-electron chi connectivity index (χ1n) is 4.32. The number of carboxylic acid groups (broad SMARTS) is 1. The van der Waals surface area contributed by atoms with Crippen molar-refractivity contribution in [1.29, 1.82) is 0 Å². The Morgan fingerprint density at radius 2 is 2.43 bits per heavy atom. The molecule has 0 spiro atoms. The third-order valence-corrected chi connectivity index (χ3v) is 2.06. The zero-order chi connectivity index (χ0) is 9.68. The second-order valence-corrected chi connectivity index (χ2v) is 3.02. The van der Waals surface area contributed by atoms with Crippen molar-refractivity contribution >= 4 is 12.3 Å². The Morgan fingerprint density at radius 3 is 2.86 bits per heavy atom. The van der Waals surface area contributed by atoms with Crippen molar-refractivity contribution in [2.24, 2.45) is 4.99 Å². The fourth-order valence-electron chi connectivity index (χ4n) is 1.41. The van der Waals surface area contributed by atoms with Gasteiger partial charge in [0.1, 0.15) is 0 Å². The Bertz CT molecular complexity index is 216. The molecule has 0 saturated heterocycles. The molecule has 0 aromatic carbocycles. The second kappa shape index (κ2) is 7.23. The van der Waals surface area contributed by atoms with Gasteiger partial charge in [0.2, 0.25) is 0 Å². The van der Waals surface area contributed by atoms with Gasteiger partial charge in [-0.05, 0) is 6.42 Å². The number of aliphatic imine (C=N–C) groups is 1. The maximum Gasteiger partial charge on any atom is 1.00 e. The third kappa shape index (κ3) is 4.41. The van der Waals surface area contributed by atoms with Crippen molar-refractivity contribution in [3.05, 3.63) is 0 Å². The average Bonchev–Trinajstić information content (AvgIpc) is 2.54. The molecule has 0 aliphatic carbocycles. The van der Waals surface area contributed by atoms with E-state index in [4.69, 9.17) is 10.2 Å². The summed E-state index contributed by atoms with van der Waals surface area (Å²) in [6.45, 7) is 1.50. The van der Waals surface area contributed by atoms with E-state index in [1.54, 1.807) is 6.34 Å². The number of aliphatic carboxylic acids is 1. The molecule has 1 aliphatic rings. The molecule has 1 heterocycles. The first-order valence-corrected chi connectivity index (χ1v) is 4.32. The molecule has 1 rings (SSSR count). The molecule has 1 atom stereocenters. The SMILES string of the molecule is O=C(O)CC(CCO)N1C=NCC1.[H-].[Na+]. The molecule has 0 fully saturated rings. The smallest absolute Gasteiger partial charge is 1.00 e. The minimum absolute atomic E-state index is 0. The monoisotopic (exact) mass is 210 g/mol. The number of rotatable bonds is 5. The van der Waals surface area contributed by atoms with Crippen LogP contribution in [0, 0.1) is 0 Å². The van der Waals surface area contributed by atoms with Gasteiger partial charge in [0.15, 0.2) is 0 Å². The molecule has 5 nitrogen and oxygen atoms in total. The van der Waals surface area contributed by atoms with Crippen LogP contribution in [0.4, 0.5) is 0 Å². The Kier molecular flexibility index (Phi) is 7.17. The molecule has 14 heavy (non-hydrogen) atoms. The van der Waals surface area contributed by atoms with Crippen LogP contribution in [0.1, 0.15) is 14.3 Å². The van der Waals surface area contributed by atoms with Crippen LogP contribution in [0.3, 0.4) is 0 Å². The van der Waals surface area contributed by atoms with E-state index < -0.39 is 5.97 Å². The van der Waals surface area contributed by atoms with Crippen LogP contribution in [0.2, 0.25) is 0 Å². The summed E-state index contributed by atoms with van der Waals surface area (Å²) in [5, 5.41) is 17.4. The molecular formula is C8H15N2NaO3. The van der Waals surface area contributed by atoms with E-state index in [1.807, 2.05) is 4.90 Å². The van der Waals surface area contributed by atoms with Crippen LogP contribution in [-0.2, 0) is 4.79 Å². The van der Waals surface area contributed by atoms with E-state index in [9.17, 15) is 4.79 Å². The summed E-state index contributed by atoms with van der Waals surface area (Å²) in [6, 6.07) is -0.117. The standard InChI is InChI=1S/C8H14N2O3.Na.H/c11-4-1-7(5-8(12)13)10-3-2-9-6-10;;/h6-7,11H,1-5H2,(H,12,13);;/q;+1;-1. The van der Waals surface area contributed by atoms with Crippen LogP contribution >= 0.6 is 0 Å². The Morgan fingerprint density at radius 1 is 1.71 bits per heavy atom. The predicted molar refractivity (Wildman–Crippen MR) is 48.9 cm³/mol. The first-order chi connectivity index (χ1) is 6.24. The van der Waals surface area contributed by atoms with E-state index in [-0.39, 0.29) is 50.1 Å². The van der Waals surface area contributed by atoms with Gasteiger partial charge < -0.3 is 16.5 Å². The largest absolute Gasteiger partial charge is 1.00 e. The van der Waals surface area contributed by atoms with E-state index in [1.165, 1.54) is 0 Å². The molecule has 0 radical (unpaired) electrons. The number of nitrogens with zero attached hydrogens (tertiary/aromatic N) is 2. The molecule has 0 aromatic heterocycles. The van der Waals surface area contributed by atoms with Gasteiger partial charge in [-0.1, -0.05) is 0 Å². The van der Waals surface area contributed by atoms with Crippen LogP contribution in [-0.4, -0.2) is 53.2 Å². The maximum atomic E-state index is 10.5. The minimum atomic E-state index is -0.834. The zero-order valence-electron chi connectivity index (χ0n) is 9.39. The van der Waals surface area contributed by atoms with Crippen molar-refractivity contribution in [3.8, 4) is 0 Å². The fourth-order valence-corrected chi connectivity index (χ4v) is 1.41. The summed E-state index contributed by atoms with van der Waals surface area (Å²) >= 11 is 0. The zero-order valence-corrected chi connectivity index (χ0v) is 10.4. The van der Waals surface area contributed by atoms with Gasteiger partial charge in [0, 0.05) is 19.2 Å². The van der Waals surface area contributed by atoms with Gasteiger partial charge >= 0.3 is 35.5 Å². The summed E-state index contributed by atoms with van der Waals surface area (Å²) in [6.07, 6.45) is 2.22. The second-order valence-electron chi connectivity index (χ2n) is 3.02. The van der Waals surface area contributed by atoms with Crippen molar-refractivity contribution in [2.45, 2.75) is 18.9 Å². The Labute approximate surface area is 107 Å². The third-order valence-electron chi connectivity index (χ3n) is 2.06. The summed E-state index contributed by atoms with van der Waals surface area (Å²) in [7, 11) is 0. The average molecular weight is 210 g/mol. The van der Waals surface area contributed by atoms with E-state index >= 15 is 0 Å². The van der Waals surface area contributed by atoms with Crippen LogP contribution < -0.4 is 29.6 Å². The molecule has 0 saturated carbocycles. The van der Waals surface area contributed by atoms with Gasteiger partial charge in [-0.3, -0.25) is 9.79 Å². The Balaban J connectivity index is 0. The number of carboxylic acids is 1. The molecular weight excluding hydrogens is 195 g/mol. The summed E-state index contributed by atoms with van der Waals surface area (Å²) in [4.78, 5) is 16.4. The number of carbonyl (C=O) groups is 1. The molecule has 0 bridgehead atoms. The number of hydrogen-bond donors (Lipinski definition) is 2. The van der Waals surface area contributed by atoms with E-state index in [0.29, 0.717) is 6.42 Å². The van der Waals surface area contributed by atoms with Gasteiger partial charge in [0.05, 0.1) is 19.3 Å². The molecule has 1 aliphatic heterocycles. The van der Waals surface area contributed by atoms with Gasteiger partial charge in [-0.25, -0.2) is 0 Å². The molecule has 6 heteroatoms. The van der Waals surface area contributed by atoms with Crippen molar-refractivity contribution in [2.75, 3.05) is 19.7 Å². The number of aliphatic hydroxyl groups excluding tert-OH is 1. The van der Waals surface area contributed by atoms with Crippen molar-refractivity contribution in [1.82, 2.24) is 4.90 Å². The molecule has 1 unspecified atom stereocenters. The molecule has 0 aromatic rings. The fraction of sp³-hybridized carbons (Fsp3) is 0.750. The van der Waals surface area contributed by atoms with Gasteiger partial charge in [0.25, 0.3) is 0 Å². The van der Waals surface area contributed by atoms with Crippen LogP contribution in [0.15, 0.2) is 4.99 Å². The van der Waals surface area contributed by atoms with E-state index in [0.717, 1.165) is 13.1 Å². The molecule has 0 amide bonds. The van der Waals surface area contributed by atoms with E-state index in [2.05, 4.69) is 4.99 Å². The topological polar surface area (TPSA) is 73.1 Å². The molecule has 76 valence electrons. The maximum absolute atomic E-state index is 10.5. The number of hydrogen-bond acceptors (Lipinski definition) is 4. The summed E-state index contributed by atoms with van der Waals surface area (Å²) < 4.78 is 0. The van der Waals surface area contributed by atoms with Crippen molar-refractivity contribution < 1.29 is 46.0 Å². The summed E-state index contributed by atoms with van der Waals surface area (Å²) in [5.74, 6) is -0.834. The minimum Gasteiger partial charge on any atom is -1.00 e. The predicted octanol–water partition coefficient (Wildman–Crippen LogP) is -3.33. The van der Waals surface area contributed by atoms with Gasteiger partial charge in [-0.15, -0.1) is 0 Å². The van der Waals surface area contributed by atoms with Crippen LogP contribution in [0.5, 0.6) is 0 Å². The van der Waals surface area contributed by atoms with Crippen molar-refractivity contribution in [3.63, 3.8) is 0 Å². The van der Waals surface area contributed by atoms with Gasteiger partial charge in [-0.2, -0.15) is 0 Å². The first kappa shape index (κ1) is 13.9. The number of aliphatic hydroxyl groups is 1. The van der Waals surface area contributed by atoms with Crippen LogP contribution in [0.25, 0.3) is 0 Å². The summed E-state index contributed by atoms with van der Waals surface area (Å²) in [5.41, 5.74) is 0. The quantitative estimate of drug-likeness (QED) is 0.466. The molecule has 2 N–H and O–H groups in total.